The number of anilines is 1. The van der Waals surface area contributed by atoms with E-state index >= 15 is 0 Å². The van der Waals surface area contributed by atoms with E-state index in [0.717, 1.165) is 4.68 Å². The number of halogens is 3. The molecule has 1 amide bonds. The first-order valence-electron chi connectivity index (χ1n) is 10.2. The standard InChI is InChI=1S/C22H22F3N5O3/c1-5-33-16-7-14(8-26-10-16)17-6-13(2)18-19(28-17)21(3,32-4)30(20(18)31)15-9-27-29(11-15)12-22(23,24)25/h6-11H,5,12H2,1-4H3/t21-/m0/s1. The Bertz CT molecular complexity index is 1210. The summed E-state index contributed by atoms with van der Waals surface area (Å²) in [5.41, 5.74) is 1.41. The lowest BCUT2D eigenvalue weighted by Gasteiger charge is -2.32. The minimum atomic E-state index is -4.44. The monoisotopic (exact) mass is 461 g/mol. The molecule has 0 spiro atoms. The van der Waals surface area contributed by atoms with Gasteiger partial charge in [0.25, 0.3) is 5.91 Å². The van der Waals surface area contributed by atoms with E-state index in [1.165, 1.54) is 24.4 Å². The SMILES string of the molecule is CCOc1cncc(-c2cc(C)c3c(n2)[C@](C)(OC)N(c2cnn(CC(F)(F)F)c2)C3=O)c1. The van der Waals surface area contributed by atoms with Crippen LogP contribution in [0.3, 0.4) is 0 Å². The molecular weight excluding hydrogens is 439 g/mol. The van der Waals surface area contributed by atoms with Gasteiger partial charge in [0.1, 0.15) is 18.0 Å². The average Bonchev–Trinajstić information content (AvgIpc) is 3.27. The van der Waals surface area contributed by atoms with Crippen LogP contribution in [0, 0.1) is 6.92 Å². The molecular formula is C22H22F3N5O3. The molecule has 0 fully saturated rings. The maximum atomic E-state index is 13.4. The molecule has 4 heterocycles. The van der Waals surface area contributed by atoms with Gasteiger partial charge in [-0.15, -0.1) is 0 Å². The topological polar surface area (TPSA) is 82.4 Å². The predicted octanol–water partition coefficient (Wildman–Crippen LogP) is 4.09. The van der Waals surface area contributed by atoms with Gasteiger partial charge in [-0.2, -0.15) is 18.3 Å². The molecule has 4 rings (SSSR count). The van der Waals surface area contributed by atoms with Crippen molar-refractivity contribution in [3.63, 3.8) is 0 Å². The van der Waals surface area contributed by atoms with Crippen LogP contribution >= 0.6 is 0 Å². The van der Waals surface area contributed by atoms with Crippen molar-refractivity contribution in [1.29, 1.82) is 0 Å². The fourth-order valence-corrected chi connectivity index (χ4v) is 3.93. The first-order valence-corrected chi connectivity index (χ1v) is 10.2. The van der Waals surface area contributed by atoms with E-state index in [-0.39, 0.29) is 5.69 Å². The van der Waals surface area contributed by atoms with E-state index in [9.17, 15) is 18.0 Å². The molecule has 0 bridgehead atoms. The quantitative estimate of drug-likeness (QED) is 0.550. The van der Waals surface area contributed by atoms with E-state index in [1.807, 2.05) is 6.92 Å². The maximum Gasteiger partial charge on any atom is 0.408 e. The highest BCUT2D eigenvalue weighted by Gasteiger charge is 2.50. The molecule has 0 N–H and O–H groups in total. The molecule has 3 aromatic heterocycles. The summed E-state index contributed by atoms with van der Waals surface area (Å²) >= 11 is 0. The minimum Gasteiger partial charge on any atom is -0.492 e. The molecule has 0 unspecified atom stereocenters. The van der Waals surface area contributed by atoms with Gasteiger partial charge < -0.3 is 9.47 Å². The Morgan fingerprint density at radius 2 is 1.94 bits per heavy atom. The van der Waals surface area contributed by atoms with Crippen molar-refractivity contribution in [3.8, 4) is 17.0 Å². The van der Waals surface area contributed by atoms with Crippen molar-refractivity contribution in [2.24, 2.45) is 0 Å². The minimum absolute atomic E-state index is 0.174. The molecule has 11 heteroatoms. The van der Waals surface area contributed by atoms with Crippen molar-refractivity contribution in [1.82, 2.24) is 19.7 Å². The van der Waals surface area contributed by atoms with Gasteiger partial charge in [-0.3, -0.25) is 19.4 Å². The predicted molar refractivity (Wildman–Crippen MR) is 113 cm³/mol. The third kappa shape index (κ3) is 4.04. The number of hydrogen-bond donors (Lipinski definition) is 0. The lowest BCUT2D eigenvalue weighted by molar-refractivity contribution is -0.142. The summed E-state index contributed by atoms with van der Waals surface area (Å²) in [7, 11) is 1.41. The molecule has 1 aliphatic heterocycles. The molecule has 174 valence electrons. The third-order valence-corrected chi connectivity index (χ3v) is 5.44. The molecule has 0 saturated carbocycles. The zero-order valence-electron chi connectivity index (χ0n) is 18.5. The molecule has 0 saturated heterocycles. The number of alkyl halides is 3. The lowest BCUT2D eigenvalue weighted by atomic mass is 10.0. The van der Waals surface area contributed by atoms with Gasteiger partial charge in [0.2, 0.25) is 0 Å². The Labute approximate surface area is 188 Å². The van der Waals surface area contributed by atoms with Crippen LogP contribution in [0.2, 0.25) is 0 Å². The van der Waals surface area contributed by atoms with Crippen LogP contribution in [-0.2, 0) is 17.0 Å². The number of methoxy groups -OCH3 is 1. The van der Waals surface area contributed by atoms with Crippen LogP contribution in [0.25, 0.3) is 11.3 Å². The summed E-state index contributed by atoms with van der Waals surface area (Å²) in [4.78, 5) is 23.6. The van der Waals surface area contributed by atoms with Gasteiger partial charge in [-0.1, -0.05) is 0 Å². The second-order valence-corrected chi connectivity index (χ2v) is 7.73. The third-order valence-electron chi connectivity index (χ3n) is 5.44. The molecule has 0 aromatic carbocycles. The van der Waals surface area contributed by atoms with Gasteiger partial charge in [-0.25, -0.2) is 4.98 Å². The van der Waals surface area contributed by atoms with E-state index in [2.05, 4.69) is 10.1 Å². The van der Waals surface area contributed by atoms with Gasteiger partial charge in [0, 0.05) is 25.1 Å². The summed E-state index contributed by atoms with van der Waals surface area (Å²) in [6.45, 7) is 4.49. The number of carbonyl (C=O) groups excluding carboxylic acids is 1. The fraction of sp³-hybridized carbons (Fsp3) is 0.364. The molecule has 8 nitrogen and oxygen atoms in total. The van der Waals surface area contributed by atoms with E-state index < -0.39 is 24.4 Å². The largest absolute Gasteiger partial charge is 0.492 e. The maximum absolute atomic E-state index is 13.4. The van der Waals surface area contributed by atoms with Gasteiger partial charge >= 0.3 is 6.18 Å². The van der Waals surface area contributed by atoms with Crippen LogP contribution in [0.4, 0.5) is 18.9 Å². The van der Waals surface area contributed by atoms with Crippen molar-refractivity contribution in [2.45, 2.75) is 39.2 Å². The van der Waals surface area contributed by atoms with Crippen LogP contribution < -0.4 is 9.64 Å². The van der Waals surface area contributed by atoms with Crippen molar-refractivity contribution < 1.29 is 27.4 Å². The molecule has 0 radical (unpaired) electrons. The van der Waals surface area contributed by atoms with Gasteiger partial charge in [-0.05, 0) is 38.5 Å². The number of ether oxygens (including phenoxy) is 2. The summed E-state index contributed by atoms with van der Waals surface area (Å²) in [6.07, 6.45) is 1.16. The summed E-state index contributed by atoms with van der Waals surface area (Å²) in [6, 6.07) is 3.56. The number of aromatic nitrogens is 4. The van der Waals surface area contributed by atoms with E-state index in [4.69, 9.17) is 14.5 Å². The lowest BCUT2D eigenvalue weighted by Crippen LogP contribution is -2.43. The molecule has 1 atom stereocenters. The van der Waals surface area contributed by atoms with Crippen molar-refractivity contribution in [2.75, 3.05) is 18.6 Å². The van der Waals surface area contributed by atoms with Crippen LogP contribution in [-0.4, -0.2) is 45.5 Å². The Morgan fingerprint density at radius 1 is 1.18 bits per heavy atom. The highest BCUT2D eigenvalue weighted by atomic mass is 19.4. The van der Waals surface area contributed by atoms with Gasteiger partial charge in [0.05, 0.1) is 35.9 Å². The Hall–Kier alpha value is -3.47. The Balaban J connectivity index is 1.79. The second-order valence-electron chi connectivity index (χ2n) is 7.73. The normalized spacial score (nSPS) is 18.0. The average molecular weight is 461 g/mol. The number of carbonyl (C=O) groups is 1. The molecule has 1 aliphatic rings. The van der Waals surface area contributed by atoms with Crippen LogP contribution in [0.15, 0.2) is 36.9 Å². The molecule has 33 heavy (non-hydrogen) atoms. The van der Waals surface area contributed by atoms with Crippen molar-refractivity contribution >= 4 is 11.6 Å². The van der Waals surface area contributed by atoms with E-state index in [1.54, 1.807) is 38.4 Å². The Kier molecular flexibility index (Phi) is 5.61. The number of aryl methyl sites for hydroxylation is 1. The fourth-order valence-electron chi connectivity index (χ4n) is 3.93. The zero-order chi connectivity index (χ0) is 24.0. The second kappa shape index (κ2) is 8.14. The van der Waals surface area contributed by atoms with E-state index in [0.29, 0.717) is 40.4 Å². The Morgan fingerprint density at radius 3 is 2.61 bits per heavy atom. The summed E-state index contributed by atoms with van der Waals surface area (Å²) in [5.74, 6) is 0.151. The number of amides is 1. The van der Waals surface area contributed by atoms with Crippen LogP contribution in [0.1, 0.15) is 35.5 Å². The highest BCUT2D eigenvalue weighted by molar-refractivity contribution is 6.12. The van der Waals surface area contributed by atoms with Crippen molar-refractivity contribution in [3.05, 3.63) is 53.7 Å². The summed E-state index contributed by atoms with van der Waals surface area (Å²) < 4.78 is 50.3. The number of rotatable bonds is 6. The summed E-state index contributed by atoms with van der Waals surface area (Å²) in [5, 5.41) is 3.76. The number of pyridine rings is 2. The zero-order valence-corrected chi connectivity index (χ0v) is 18.5. The van der Waals surface area contributed by atoms with Gasteiger partial charge in [0.15, 0.2) is 5.72 Å². The number of nitrogens with zero attached hydrogens (tertiary/aromatic N) is 5. The molecule has 0 aliphatic carbocycles. The first-order chi connectivity index (χ1) is 15.6. The smallest absolute Gasteiger partial charge is 0.408 e. The number of hydrogen-bond acceptors (Lipinski definition) is 6. The number of fused-ring (bicyclic) bond motifs is 1. The highest BCUT2D eigenvalue weighted by Crippen LogP contribution is 2.43. The van der Waals surface area contributed by atoms with Crippen LogP contribution in [0.5, 0.6) is 5.75 Å². The first kappa shape index (κ1) is 22.7. The molecule has 3 aromatic rings.